The lowest BCUT2D eigenvalue weighted by Crippen LogP contribution is -2.55. The van der Waals surface area contributed by atoms with E-state index >= 15 is 0 Å². The van der Waals surface area contributed by atoms with Gasteiger partial charge in [-0.3, -0.25) is 14.5 Å². The normalized spacial score (nSPS) is 23.7. The van der Waals surface area contributed by atoms with Gasteiger partial charge in [-0.15, -0.1) is 11.3 Å². The van der Waals surface area contributed by atoms with Gasteiger partial charge in [0.2, 0.25) is 11.8 Å². The Kier molecular flexibility index (Phi) is 8.66. The highest BCUT2D eigenvalue weighted by atomic mass is 32.1. The van der Waals surface area contributed by atoms with E-state index in [1.54, 1.807) is 17.9 Å². The number of ether oxygens (including phenoxy) is 1. The molecule has 2 aliphatic rings. The lowest BCUT2D eigenvalue weighted by molar-refractivity contribution is -0.141. The highest BCUT2D eigenvalue weighted by molar-refractivity contribution is 7.15. The molecule has 1 saturated heterocycles. The van der Waals surface area contributed by atoms with Crippen molar-refractivity contribution in [3.8, 4) is 11.8 Å². The second-order valence-corrected chi connectivity index (χ2v) is 12.0. The van der Waals surface area contributed by atoms with E-state index in [2.05, 4.69) is 18.8 Å². The Labute approximate surface area is 212 Å². The summed E-state index contributed by atoms with van der Waals surface area (Å²) in [5.74, 6) is 5.06. The number of carboxylic acids is 1. The number of carboxylic acid groups (broad SMARTS) is 1. The average molecular weight is 503 g/mol. The Morgan fingerprint density at radius 2 is 1.86 bits per heavy atom. The minimum absolute atomic E-state index is 0.0377. The number of carbonyl (C=O) groups is 3. The molecule has 0 spiro atoms. The van der Waals surface area contributed by atoms with Crippen LogP contribution >= 0.6 is 11.3 Å². The molecule has 35 heavy (non-hydrogen) atoms. The molecule has 1 saturated carbocycles. The van der Waals surface area contributed by atoms with Gasteiger partial charge in [-0.1, -0.05) is 18.8 Å². The molecule has 0 bridgehead atoms. The van der Waals surface area contributed by atoms with Crippen molar-refractivity contribution in [2.75, 3.05) is 24.6 Å². The zero-order chi connectivity index (χ0) is 25.9. The van der Waals surface area contributed by atoms with Crippen molar-refractivity contribution in [1.29, 1.82) is 0 Å². The molecule has 0 radical (unpaired) electrons. The van der Waals surface area contributed by atoms with Crippen LogP contribution in [0.1, 0.15) is 81.8 Å². The van der Waals surface area contributed by atoms with Gasteiger partial charge in [-0.2, -0.15) is 0 Å². The first-order valence-electron chi connectivity index (χ1n) is 12.5. The first-order chi connectivity index (χ1) is 16.4. The quantitative estimate of drug-likeness (QED) is 0.593. The molecule has 1 aromatic rings. The van der Waals surface area contributed by atoms with Crippen LogP contribution in [0.25, 0.3) is 0 Å². The summed E-state index contributed by atoms with van der Waals surface area (Å²) >= 11 is 1.05. The lowest BCUT2D eigenvalue weighted by atomic mass is 9.82. The zero-order valence-electron chi connectivity index (χ0n) is 21.7. The van der Waals surface area contributed by atoms with Gasteiger partial charge in [0.1, 0.15) is 10.9 Å². The van der Waals surface area contributed by atoms with Gasteiger partial charge in [-0.25, -0.2) is 4.79 Å². The van der Waals surface area contributed by atoms with E-state index in [1.165, 1.54) is 4.90 Å². The molecular weight excluding hydrogens is 464 g/mol. The number of aromatic carboxylic acids is 1. The fourth-order valence-corrected chi connectivity index (χ4v) is 5.48. The molecule has 2 fully saturated rings. The summed E-state index contributed by atoms with van der Waals surface area (Å²) in [6.07, 6.45) is 3.31. The maximum atomic E-state index is 13.9. The lowest BCUT2D eigenvalue weighted by Gasteiger charge is -2.38. The number of hydrogen-bond acceptors (Lipinski definition) is 5. The van der Waals surface area contributed by atoms with Crippen molar-refractivity contribution in [1.82, 2.24) is 4.90 Å². The SMILES string of the molecule is CC1CN(C(=O)[C@H](C)N(c2cc(C#CC(C)(C)C)sc2C(=O)O)C(=O)[C@H]2CC[C@H](C)CC2)CCO1. The number of thiophene rings is 1. The molecule has 192 valence electrons. The molecule has 1 aliphatic heterocycles. The van der Waals surface area contributed by atoms with Crippen molar-refractivity contribution >= 4 is 34.8 Å². The number of morpholine rings is 1. The van der Waals surface area contributed by atoms with Gasteiger partial charge in [-0.05, 0) is 72.3 Å². The standard InChI is InChI=1S/C27H38N2O5S/c1-17-7-9-20(10-8-17)25(31)29(19(3)24(30)28-13-14-34-18(2)16-28)22-15-21(11-12-27(4,5)6)35-23(22)26(32)33/h15,17-20H,7-10,13-14,16H2,1-6H3,(H,32,33)/t17-,18?,19-,20-/m0/s1. The number of nitrogens with zero attached hydrogens (tertiary/aromatic N) is 2. The van der Waals surface area contributed by atoms with Crippen molar-refractivity contribution in [2.45, 2.75) is 79.4 Å². The van der Waals surface area contributed by atoms with Crippen LogP contribution in [0.15, 0.2) is 6.07 Å². The highest BCUT2D eigenvalue weighted by Gasteiger charge is 2.38. The molecule has 1 aliphatic carbocycles. The number of anilines is 1. The second-order valence-electron chi connectivity index (χ2n) is 10.9. The Morgan fingerprint density at radius 1 is 1.20 bits per heavy atom. The van der Waals surface area contributed by atoms with Crippen LogP contribution in [-0.2, 0) is 14.3 Å². The Balaban J connectivity index is 2.02. The molecule has 1 aromatic heterocycles. The van der Waals surface area contributed by atoms with Gasteiger partial charge in [0, 0.05) is 24.4 Å². The van der Waals surface area contributed by atoms with Crippen LogP contribution in [0.2, 0.25) is 0 Å². The van der Waals surface area contributed by atoms with E-state index < -0.39 is 12.0 Å². The van der Waals surface area contributed by atoms with Crippen LogP contribution in [0.4, 0.5) is 5.69 Å². The summed E-state index contributed by atoms with van der Waals surface area (Å²) in [5, 5.41) is 10.00. The zero-order valence-corrected chi connectivity index (χ0v) is 22.5. The van der Waals surface area contributed by atoms with E-state index in [1.807, 2.05) is 27.7 Å². The van der Waals surface area contributed by atoms with Gasteiger partial charge >= 0.3 is 5.97 Å². The van der Waals surface area contributed by atoms with E-state index in [4.69, 9.17) is 4.74 Å². The maximum absolute atomic E-state index is 13.9. The molecule has 1 unspecified atom stereocenters. The smallest absolute Gasteiger partial charge is 0.348 e. The summed E-state index contributed by atoms with van der Waals surface area (Å²) in [5.41, 5.74) is 0.0180. The predicted molar refractivity (Wildman–Crippen MR) is 138 cm³/mol. The summed E-state index contributed by atoms with van der Waals surface area (Å²) in [6.45, 7) is 13.1. The van der Waals surface area contributed by atoms with E-state index in [-0.39, 0.29) is 39.8 Å². The number of amides is 2. The maximum Gasteiger partial charge on any atom is 0.348 e. The molecule has 2 amide bonds. The van der Waals surface area contributed by atoms with Crippen molar-refractivity contribution < 1.29 is 24.2 Å². The van der Waals surface area contributed by atoms with Gasteiger partial charge in [0.25, 0.3) is 0 Å². The van der Waals surface area contributed by atoms with Gasteiger partial charge in [0.05, 0.1) is 23.3 Å². The van der Waals surface area contributed by atoms with Crippen molar-refractivity contribution in [2.24, 2.45) is 17.3 Å². The van der Waals surface area contributed by atoms with Gasteiger partial charge in [0.15, 0.2) is 0 Å². The third-order valence-electron chi connectivity index (χ3n) is 6.63. The highest BCUT2D eigenvalue weighted by Crippen LogP contribution is 2.36. The molecule has 7 nitrogen and oxygen atoms in total. The van der Waals surface area contributed by atoms with Crippen LogP contribution in [0.5, 0.6) is 0 Å². The summed E-state index contributed by atoms with van der Waals surface area (Å²) in [6, 6.07) is 0.838. The van der Waals surface area contributed by atoms with Crippen molar-refractivity contribution in [3.63, 3.8) is 0 Å². The molecule has 2 atom stereocenters. The third kappa shape index (κ3) is 6.86. The van der Waals surface area contributed by atoms with Crippen LogP contribution in [0.3, 0.4) is 0 Å². The average Bonchev–Trinajstić information content (AvgIpc) is 3.21. The Morgan fingerprint density at radius 3 is 2.43 bits per heavy atom. The van der Waals surface area contributed by atoms with Crippen LogP contribution < -0.4 is 4.90 Å². The molecule has 2 heterocycles. The summed E-state index contributed by atoms with van der Waals surface area (Å²) in [4.78, 5) is 43.5. The van der Waals surface area contributed by atoms with Crippen LogP contribution in [0, 0.1) is 29.1 Å². The summed E-state index contributed by atoms with van der Waals surface area (Å²) < 4.78 is 5.58. The Bertz CT molecular complexity index is 1010. The minimum Gasteiger partial charge on any atom is -0.477 e. The fraction of sp³-hybridized carbons (Fsp3) is 0.667. The van der Waals surface area contributed by atoms with E-state index in [0.717, 1.165) is 37.0 Å². The van der Waals surface area contributed by atoms with Crippen molar-refractivity contribution in [3.05, 3.63) is 15.8 Å². The fourth-order valence-electron chi connectivity index (χ4n) is 4.64. The third-order valence-corrected chi connectivity index (χ3v) is 7.65. The molecule has 1 N–H and O–H groups in total. The molecule has 8 heteroatoms. The molecule has 0 aromatic carbocycles. The summed E-state index contributed by atoms with van der Waals surface area (Å²) in [7, 11) is 0. The first-order valence-corrected chi connectivity index (χ1v) is 13.3. The minimum atomic E-state index is -1.12. The monoisotopic (exact) mass is 502 g/mol. The van der Waals surface area contributed by atoms with Gasteiger partial charge < -0.3 is 14.7 Å². The van der Waals surface area contributed by atoms with E-state index in [9.17, 15) is 19.5 Å². The predicted octanol–water partition coefficient (Wildman–Crippen LogP) is 4.64. The number of hydrogen-bond donors (Lipinski definition) is 1. The Hall–Kier alpha value is -2.37. The first kappa shape index (κ1) is 27.2. The van der Waals surface area contributed by atoms with Crippen LogP contribution in [-0.4, -0.2) is 59.6 Å². The number of rotatable bonds is 5. The largest absolute Gasteiger partial charge is 0.477 e. The van der Waals surface area contributed by atoms with E-state index in [0.29, 0.717) is 30.5 Å². The second kappa shape index (κ2) is 11.1. The molecule has 3 rings (SSSR count). The molecular formula is C27H38N2O5S. The topological polar surface area (TPSA) is 87.2 Å². The number of carbonyl (C=O) groups excluding carboxylic acids is 2.